The van der Waals surface area contributed by atoms with Gasteiger partial charge in [0.15, 0.2) is 0 Å². The van der Waals surface area contributed by atoms with E-state index >= 15 is 0 Å². The smallest absolute Gasteiger partial charge is 0.0780 e. The third-order valence-corrected chi connectivity index (χ3v) is 3.44. The molecule has 0 aliphatic carbocycles. The average Bonchev–Trinajstić information content (AvgIpc) is 2.36. The van der Waals surface area contributed by atoms with Crippen molar-refractivity contribution in [2.24, 2.45) is 0 Å². The largest absolute Gasteiger partial charge is 0.256 e. The maximum Gasteiger partial charge on any atom is 0.0780 e. The monoisotopic (exact) mass is 235 g/mol. The van der Waals surface area contributed by atoms with Gasteiger partial charge in [0.1, 0.15) is 0 Å². The fraction of sp³-hybridized carbons (Fsp3) is 0.235. The summed E-state index contributed by atoms with van der Waals surface area (Å²) in [7, 11) is 0. The predicted molar refractivity (Wildman–Crippen MR) is 77.9 cm³/mol. The van der Waals surface area contributed by atoms with E-state index < -0.39 is 0 Å². The molecule has 0 amide bonds. The summed E-state index contributed by atoms with van der Waals surface area (Å²) in [5.74, 6) is 0. The van der Waals surface area contributed by atoms with Crippen LogP contribution in [0.3, 0.4) is 0 Å². The summed E-state index contributed by atoms with van der Waals surface area (Å²) in [5.41, 5.74) is 2.63. The Morgan fingerprint density at radius 2 is 1.67 bits per heavy atom. The van der Waals surface area contributed by atoms with Gasteiger partial charge in [0.2, 0.25) is 0 Å². The van der Waals surface area contributed by atoms with Crippen molar-refractivity contribution in [1.82, 2.24) is 4.98 Å². The minimum Gasteiger partial charge on any atom is -0.256 e. The van der Waals surface area contributed by atoms with Crippen molar-refractivity contribution in [3.63, 3.8) is 0 Å². The third-order valence-electron chi connectivity index (χ3n) is 3.44. The Bertz CT molecular complexity index is 720. The maximum absolute atomic E-state index is 4.53. The van der Waals surface area contributed by atoms with E-state index in [1.165, 1.54) is 21.7 Å². The van der Waals surface area contributed by atoms with E-state index in [0.717, 1.165) is 5.52 Å². The predicted octanol–water partition coefficient (Wildman–Crippen LogP) is 4.69. The number of nitrogens with zero attached hydrogens (tertiary/aromatic N) is 1. The molecule has 0 N–H and O–H groups in total. The van der Waals surface area contributed by atoms with Crippen LogP contribution in [0.5, 0.6) is 0 Å². The van der Waals surface area contributed by atoms with Crippen molar-refractivity contribution in [1.29, 1.82) is 0 Å². The third kappa shape index (κ3) is 1.67. The van der Waals surface area contributed by atoms with Gasteiger partial charge in [-0.3, -0.25) is 4.98 Å². The van der Waals surface area contributed by atoms with E-state index in [-0.39, 0.29) is 5.41 Å². The summed E-state index contributed by atoms with van der Waals surface area (Å²) < 4.78 is 0. The summed E-state index contributed by atoms with van der Waals surface area (Å²) >= 11 is 0. The summed E-state index contributed by atoms with van der Waals surface area (Å²) in [4.78, 5) is 4.53. The van der Waals surface area contributed by atoms with Gasteiger partial charge in [0.25, 0.3) is 0 Å². The van der Waals surface area contributed by atoms with Crippen LogP contribution in [-0.2, 0) is 5.41 Å². The lowest BCUT2D eigenvalue weighted by Gasteiger charge is -2.21. The highest BCUT2D eigenvalue weighted by molar-refractivity contribution is 6.06. The second-order valence-corrected chi connectivity index (χ2v) is 5.79. The molecule has 0 spiro atoms. The van der Waals surface area contributed by atoms with E-state index in [2.05, 4.69) is 62.2 Å². The van der Waals surface area contributed by atoms with Gasteiger partial charge in [0, 0.05) is 17.0 Å². The van der Waals surface area contributed by atoms with Crippen molar-refractivity contribution in [3.8, 4) is 0 Å². The van der Waals surface area contributed by atoms with Crippen molar-refractivity contribution in [2.75, 3.05) is 0 Å². The molecular formula is C17H17N. The lowest BCUT2D eigenvalue weighted by molar-refractivity contribution is 0.596. The summed E-state index contributed by atoms with van der Waals surface area (Å²) in [6.07, 6.45) is 1.87. The maximum atomic E-state index is 4.53. The fourth-order valence-electron chi connectivity index (χ4n) is 2.56. The van der Waals surface area contributed by atoms with Crippen LogP contribution < -0.4 is 0 Å². The minimum absolute atomic E-state index is 0.155. The van der Waals surface area contributed by atoms with Crippen LogP contribution in [0.2, 0.25) is 0 Å². The first-order valence-electron chi connectivity index (χ1n) is 6.34. The molecule has 0 saturated heterocycles. The summed E-state index contributed by atoms with van der Waals surface area (Å²) in [6.45, 7) is 6.76. The molecule has 90 valence electrons. The first kappa shape index (κ1) is 11.2. The van der Waals surface area contributed by atoms with Gasteiger partial charge in [0.05, 0.1) is 5.52 Å². The molecule has 1 heteroatoms. The van der Waals surface area contributed by atoms with E-state index in [1.54, 1.807) is 0 Å². The van der Waals surface area contributed by atoms with Crippen LogP contribution >= 0.6 is 0 Å². The van der Waals surface area contributed by atoms with E-state index in [4.69, 9.17) is 0 Å². The molecule has 0 aliphatic rings. The Kier molecular flexibility index (Phi) is 2.37. The molecule has 3 rings (SSSR count). The standard InChI is InChI=1S/C17H17N/c1-17(2,3)15-8-4-7-14-13(15)10-9-12-6-5-11-18-16(12)14/h4-11H,1-3H3. The Balaban J connectivity index is 2.48. The molecule has 0 atom stereocenters. The molecular weight excluding hydrogens is 218 g/mol. The molecule has 18 heavy (non-hydrogen) atoms. The van der Waals surface area contributed by atoms with Crippen molar-refractivity contribution >= 4 is 21.7 Å². The van der Waals surface area contributed by atoms with E-state index in [0.29, 0.717) is 0 Å². The van der Waals surface area contributed by atoms with Gasteiger partial charge in [-0.1, -0.05) is 57.2 Å². The number of hydrogen-bond donors (Lipinski definition) is 0. The number of hydrogen-bond acceptors (Lipinski definition) is 1. The highest BCUT2D eigenvalue weighted by atomic mass is 14.6. The Morgan fingerprint density at radius 3 is 2.44 bits per heavy atom. The van der Waals surface area contributed by atoms with Gasteiger partial charge >= 0.3 is 0 Å². The minimum atomic E-state index is 0.155. The summed E-state index contributed by atoms with van der Waals surface area (Å²) in [5, 5.41) is 3.77. The van der Waals surface area contributed by atoms with Crippen LogP contribution in [0, 0.1) is 0 Å². The Hall–Kier alpha value is -1.89. The van der Waals surface area contributed by atoms with Crippen molar-refractivity contribution in [3.05, 3.63) is 54.2 Å². The lowest BCUT2D eigenvalue weighted by Crippen LogP contribution is -2.11. The van der Waals surface area contributed by atoms with Crippen LogP contribution in [0.25, 0.3) is 21.7 Å². The molecule has 0 unspecified atom stereocenters. The normalized spacial score (nSPS) is 12.2. The van der Waals surface area contributed by atoms with Gasteiger partial charge < -0.3 is 0 Å². The number of fused-ring (bicyclic) bond motifs is 3. The molecule has 1 nitrogen and oxygen atoms in total. The van der Waals surface area contributed by atoms with E-state index in [1.807, 2.05) is 12.3 Å². The topological polar surface area (TPSA) is 12.9 Å². The van der Waals surface area contributed by atoms with Crippen LogP contribution in [0.1, 0.15) is 26.3 Å². The van der Waals surface area contributed by atoms with Crippen LogP contribution in [-0.4, -0.2) is 4.98 Å². The zero-order valence-corrected chi connectivity index (χ0v) is 11.1. The second kappa shape index (κ2) is 3.81. The fourth-order valence-corrected chi connectivity index (χ4v) is 2.56. The molecule has 0 radical (unpaired) electrons. The number of rotatable bonds is 0. The molecule has 0 saturated carbocycles. The van der Waals surface area contributed by atoms with Gasteiger partial charge in [-0.05, 0) is 22.4 Å². The molecule has 2 aromatic carbocycles. The number of aromatic nitrogens is 1. The van der Waals surface area contributed by atoms with Gasteiger partial charge in [-0.15, -0.1) is 0 Å². The lowest BCUT2D eigenvalue weighted by atomic mass is 9.83. The summed E-state index contributed by atoms with van der Waals surface area (Å²) in [6, 6.07) is 15.0. The average molecular weight is 235 g/mol. The first-order chi connectivity index (χ1) is 8.57. The Labute approximate surface area is 107 Å². The highest BCUT2D eigenvalue weighted by Gasteiger charge is 2.17. The number of pyridine rings is 1. The molecule has 1 heterocycles. The Morgan fingerprint density at radius 1 is 0.833 bits per heavy atom. The SMILES string of the molecule is CC(C)(C)c1cccc2c1ccc1cccnc12. The van der Waals surface area contributed by atoms with Crippen molar-refractivity contribution in [2.45, 2.75) is 26.2 Å². The van der Waals surface area contributed by atoms with Crippen LogP contribution in [0.15, 0.2) is 48.7 Å². The van der Waals surface area contributed by atoms with Gasteiger partial charge in [-0.25, -0.2) is 0 Å². The molecule has 1 aromatic heterocycles. The quantitative estimate of drug-likeness (QED) is 0.515. The molecule has 0 bridgehead atoms. The van der Waals surface area contributed by atoms with Crippen LogP contribution in [0.4, 0.5) is 0 Å². The molecule has 0 fully saturated rings. The second-order valence-electron chi connectivity index (χ2n) is 5.79. The molecule has 3 aromatic rings. The first-order valence-corrected chi connectivity index (χ1v) is 6.34. The molecule has 0 aliphatic heterocycles. The highest BCUT2D eigenvalue weighted by Crippen LogP contribution is 2.32. The van der Waals surface area contributed by atoms with E-state index in [9.17, 15) is 0 Å². The zero-order valence-electron chi connectivity index (χ0n) is 11.1. The zero-order chi connectivity index (χ0) is 12.8. The van der Waals surface area contributed by atoms with Crippen molar-refractivity contribution < 1.29 is 0 Å². The van der Waals surface area contributed by atoms with Gasteiger partial charge in [-0.2, -0.15) is 0 Å². The number of benzene rings is 2.